The molecule has 21 heavy (non-hydrogen) atoms. The van der Waals surface area contributed by atoms with Gasteiger partial charge in [-0.15, -0.1) is 0 Å². The van der Waals surface area contributed by atoms with E-state index < -0.39 is 0 Å². The van der Waals surface area contributed by atoms with Crippen LogP contribution in [0.15, 0.2) is 24.5 Å². The molecule has 114 valence electrons. The summed E-state index contributed by atoms with van der Waals surface area (Å²) in [4.78, 5) is 13.2. The maximum absolute atomic E-state index is 11.4. The molecule has 6 nitrogen and oxygen atoms in total. The number of nitro groups is 1. The quantitative estimate of drug-likeness (QED) is 0.616. The summed E-state index contributed by atoms with van der Waals surface area (Å²) in [6, 6.07) is 3.72. The highest BCUT2D eigenvalue weighted by atomic mass is 16.6. The molecule has 6 heteroatoms. The van der Waals surface area contributed by atoms with Gasteiger partial charge in [-0.05, 0) is 31.4 Å². The Bertz CT molecular complexity index is 526. The average molecular weight is 291 g/mol. The topological polar surface area (TPSA) is 60.5 Å². The summed E-state index contributed by atoms with van der Waals surface area (Å²) in [6.45, 7) is 4.16. The van der Waals surface area contributed by atoms with Crippen LogP contribution in [-0.4, -0.2) is 40.7 Å². The predicted molar refractivity (Wildman–Crippen MR) is 79.1 cm³/mol. The molecule has 2 fully saturated rings. The number of hydrogen-bond donors (Lipinski definition) is 0. The molecule has 0 radical (unpaired) electrons. The van der Waals surface area contributed by atoms with Crippen LogP contribution in [0, 0.1) is 16.0 Å². The van der Waals surface area contributed by atoms with Gasteiger partial charge in [0.25, 0.3) is 0 Å². The minimum absolute atomic E-state index is 0.195. The van der Waals surface area contributed by atoms with Crippen LogP contribution in [0.3, 0.4) is 0 Å². The lowest BCUT2D eigenvalue weighted by Crippen LogP contribution is -2.17. The Morgan fingerprint density at radius 3 is 2.95 bits per heavy atom. The first-order chi connectivity index (χ1) is 10.2. The van der Waals surface area contributed by atoms with Crippen molar-refractivity contribution >= 4 is 5.70 Å². The van der Waals surface area contributed by atoms with Crippen LogP contribution in [0.1, 0.15) is 25.0 Å². The minimum atomic E-state index is -0.269. The van der Waals surface area contributed by atoms with Crippen LogP contribution in [0.25, 0.3) is 5.70 Å². The molecule has 0 spiro atoms. The molecule has 0 bridgehead atoms. The first-order valence-corrected chi connectivity index (χ1v) is 7.57. The molecule has 0 N–H and O–H groups in total. The van der Waals surface area contributed by atoms with Crippen molar-refractivity contribution in [2.45, 2.75) is 25.8 Å². The Balaban J connectivity index is 1.82. The number of likely N-dealkylation sites (tertiary alicyclic amines) is 1. The smallest absolute Gasteiger partial charge is 0.308 e. The fraction of sp³-hybridized carbons (Fsp3) is 0.600. The second-order valence-corrected chi connectivity index (χ2v) is 5.79. The van der Waals surface area contributed by atoms with Crippen LogP contribution >= 0.6 is 0 Å². The maximum atomic E-state index is 11.4. The molecule has 1 unspecified atom stereocenters. The zero-order valence-electron chi connectivity index (χ0n) is 12.1. The van der Waals surface area contributed by atoms with E-state index in [2.05, 4.69) is 0 Å². The summed E-state index contributed by atoms with van der Waals surface area (Å²) in [5.41, 5.74) is 0.889. The molecule has 3 rings (SSSR count). The SMILES string of the molecule is O=[N+]([O-])C(=CN1CCCC1)c1cccn1CC1CCOC1. The van der Waals surface area contributed by atoms with Gasteiger partial charge < -0.3 is 14.2 Å². The third-order valence-electron chi connectivity index (χ3n) is 4.21. The van der Waals surface area contributed by atoms with E-state index in [4.69, 9.17) is 4.74 Å². The monoisotopic (exact) mass is 291 g/mol. The van der Waals surface area contributed by atoms with Gasteiger partial charge in [0.05, 0.1) is 17.7 Å². The Labute approximate surface area is 124 Å². The van der Waals surface area contributed by atoms with Gasteiger partial charge in [0, 0.05) is 38.4 Å². The Morgan fingerprint density at radius 1 is 1.48 bits per heavy atom. The Morgan fingerprint density at radius 2 is 2.29 bits per heavy atom. The Hall–Kier alpha value is -1.82. The average Bonchev–Trinajstić information content (AvgIpc) is 3.19. The van der Waals surface area contributed by atoms with Gasteiger partial charge in [-0.25, -0.2) is 0 Å². The summed E-state index contributed by atoms with van der Waals surface area (Å²) >= 11 is 0. The predicted octanol–water partition coefficient (Wildman–Crippen LogP) is 2.20. The molecule has 2 saturated heterocycles. The summed E-state index contributed by atoms with van der Waals surface area (Å²) in [5, 5.41) is 11.4. The number of nitrogens with zero attached hydrogens (tertiary/aromatic N) is 3. The van der Waals surface area contributed by atoms with Crippen molar-refractivity contribution < 1.29 is 9.66 Å². The maximum Gasteiger partial charge on any atom is 0.308 e. The van der Waals surface area contributed by atoms with Crippen LogP contribution in [-0.2, 0) is 11.3 Å². The van der Waals surface area contributed by atoms with E-state index in [0.717, 1.165) is 52.1 Å². The van der Waals surface area contributed by atoms with Crippen LogP contribution in [0.5, 0.6) is 0 Å². The number of ether oxygens (including phenoxy) is 1. The number of aromatic nitrogens is 1. The van der Waals surface area contributed by atoms with Gasteiger partial charge in [-0.2, -0.15) is 0 Å². The third-order valence-corrected chi connectivity index (χ3v) is 4.21. The standard InChI is InChI=1S/C15H21N3O3/c19-18(20)15(11-16-6-1-2-7-16)14-4-3-8-17(14)10-13-5-9-21-12-13/h3-4,8,11,13H,1-2,5-7,9-10,12H2. The molecule has 1 aromatic rings. The zero-order valence-corrected chi connectivity index (χ0v) is 12.1. The molecule has 1 aromatic heterocycles. The molecule has 2 aliphatic rings. The lowest BCUT2D eigenvalue weighted by atomic mass is 10.1. The third kappa shape index (κ3) is 3.26. The van der Waals surface area contributed by atoms with Gasteiger partial charge in [0.15, 0.2) is 0 Å². The van der Waals surface area contributed by atoms with Gasteiger partial charge in [0.1, 0.15) is 5.69 Å². The molecule has 2 aliphatic heterocycles. The Kier molecular flexibility index (Phi) is 4.24. The molecule has 1 atom stereocenters. The molecule has 0 aromatic carbocycles. The fourth-order valence-electron chi connectivity index (χ4n) is 3.06. The lowest BCUT2D eigenvalue weighted by molar-refractivity contribution is -0.376. The van der Waals surface area contributed by atoms with Gasteiger partial charge >= 0.3 is 5.70 Å². The molecule has 3 heterocycles. The van der Waals surface area contributed by atoms with E-state index in [1.807, 2.05) is 27.8 Å². The first kappa shape index (κ1) is 14.1. The summed E-state index contributed by atoms with van der Waals surface area (Å²) < 4.78 is 7.38. The van der Waals surface area contributed by atoms with Gasteiger partial charge in [-0.1, -0.05) is 0 Å². The van der Waals surface area contributed by atoms with Gasteiger partial charge in [0.2, 0.25) is 0 Å². The summed E-state index contributed by atoms with van der Waals surface area (Å²) in [6.07, 6.45) is 6.89. The molecule has 0 amide bonds. The van der Waals surface area contributed by atoms with E-state index in [0.29, 0.717) is 11.6 Å². The van der Waals surface area contributed by atoms with Crippen LogP contribution in [0.4, 0.5) is 0 Å². The highest BCUT2D eigenvalue weighted by molar-refractivity contribution is 5.55. The molecular formula is C15H21N3O3. The van der Waals surface area contributed by atoms with Crippen LogP contribution < -0.4 is 0 Å². The van der Waals surface area contributed by atoms with Crippen molar-refractivity contribution in [3.8, 4) is 0 Å². The first-order valence-electron chi connectivity index (χ1n) is 7.57. The molecule has 0 aliphatic carbocycles. The highest BCUT2D eigenvalue weighted by Crippen LogP contribution is 2.22. The highest BCUT2D eigenvalue weighted by Gasteiger charge is 2.23. The fourth-order valence-corrected chi connectivity index (χ4v) is 3.06. The zero-order chi connectivity index (χ0) is 14.7. The van der Waals surface area contributed by atoms with E-state index in [9.17, 15) is 10.1 Å². The number of rotatable bonds is 5. The van der Waals surface area contributed by atoms with Crippen LogP contribution in [0.2, 0.25) is 0 Å². The summed E-state index contributed by atoms with van der Waals surface area (Å²) in [5.74, 6) is 0.455. The summed E-state index contributed by atoms with van der Waals surface area (Å²) in [7, 11) is 0. The second-order valence-electron chi connectivity index (χ2n) is 5.79. The largest absolute Gasteiger partial charge is 0.381 e. The van der Waals surface area contributed by atoms with Crippen molar-refractivity contribution in [2.24, 2.45) is 5.92 Å². The molecule has 0 saturated carbocycles. The second kappa shape index (κ2) is 6.30. The van der Waals surface area contributed by atoms with E-state index in [-0.39, 0.29) is 10.6 Å². The van der Waals surface area contributed by atoms with Crippen molar-refractivity contribution in [1.82, 2.24) is 9.47 Å². The number of hydrogen-bond acceptors (Lipinski definition) is 4. The molecular weight excluding hydrogens is 270 g/mol. The minimum Gasteiger partial charge on any atom is -0.381 e. The lowest BCUT2D eigenvalue weighted by Gasteiger charge is -2.14. The van der Waals surface area contributed by atoms with Crippen molar-refractivity contribution in [3.63, 3.8) is 0 Å². The van der Waals surface area contributed by atoms with E-state index >= 15 is 0 Å². The normalized spacial score (nSPS) is 23.0. The van der Waals surface area contributed by atoms with Crippen molar-refractivity contribution in [3.05, 3.63) is 40.3 Å². The van der Waals surface area contributed by atoms with Crippen molar-refractivity contribution in [2.75, 3.05) is 26.3 Å². The van der Waals surface area contributed by atoms with E-state index in [1.165, 1.54) is 0 Å². The van der Waals surface area contributed by atoms with Crippen molar-refractivity contribution in [1.29, 1.82) is 0 Å². The van der Waals surface area contributed by atoms with Gasteiger partial charge in [-0.3, -0.25) is 10.1 Å². The van der Waals surface area contributed by atoms with E-state index in [1.54, 1.807) is 6.20 Å².